The number of hydrogen-bond acceptors (Lipinski definition) is 4. The van der Waals surface area contributed by atoms with Crippen LogP contribution in [-0.4, -0.2) is 48.3 Å². The number of aliphatic imine (C=N–C) groups is 1. The van der Waals surface area contributed by atoms with Gasteiger partial charge in [0.05, 0.1) is 11.9 Å². The fraction of sp³-hybridized carbons (Fsp3) is 0.773. The van der Waals surface area contributed by atoms with Gasteiger partial charge in [-0.1, -0.05) is 19.8 Å². The molecule has 1 aliphatic carbocycles. The molecule has 0 aromatic carbocycles. The maximum atomic E-state index is 6.20. The molecule has 1 aromatic heterocycles. The standard InChI is InChI=1S/C22H35N3O2S/c1-17-5-2-3-7-20(17)25-21(23-11-8-19-6-4-12-26-19)24-18-9-13-27-22(15-18)10-14-28-16-22/h4,6,12,17-18,20H,2-3,5,7-11,13-16H2,1H3,(H2,23,24,25). The van der Waals surface area contributed by atoms with Gasteiger partial charge >= 0.3 is 0 Å². The lowest BCUT2D eigenvalue weighted by molar-refractivity contribution is -0.0679. The van der Waals surface area contributed by atoms with Gasteiger partial charge in [0.1, 0.15) is 5.76 Å². The first kappa shape index (κ1) is 20.1. The lowest BCUT2D eigenvalue weighted by atomic mass is 9.86. The maximum Gasteiger partial charge on any atom is 0.191 e. The van der Waals surface area contributed by atoms with Crippen molar-refractivity contribution in [2.24, 2.45) is 10.9 Å². The van der Waals surface area contributed by atoms with Crippen LogP contribution < -0.4 is 10.6 Å². The van der Waals surface area contributed by atoms with Crippen LogP contribution >= 0.6 is 11.8 Å². The molecule has 1 aromatic rings. The molecule has 5 nitrogen and oxygen atoms in total. The van der Waals surface area contributed by atoms with Gasteiger partial charge in [-0.3, -0.25) is 4.99 Å². The van der Waals surface area contributed by atoms with E-state index >= 15 is 0 Å². The number of rotatable bonds is 5. The van der Waals surface area contributed by atoms with Crippen molar-refractivity contribution in [3.8, 4) is 0 Å². The van der Waals surface area contributed by atoms with Crippen molar-refractivity contribution in [1.29, 1.82) is 0 Å². The fourth-order valence-electron chi connectivity index (χ4n) is 4.78. The van der Waals surface area contributed by atoms with Crippen LogP contribution in [0.1, 0.15) is 57.6 Å². The number of ether oxygens (including phenoxy) is 1. The highest BCUT2D eigenvalue weighted by Crippen LogP contribution is 2.38. The predicted octanol–water partition coefficient (Wildman–Crippen LogP) is 3.99. The molecule has 0 bridgehead atoms. The Bertz CT molecular complexity index is 628. The van der Waals surface area contributed by atoms with Crippen molar-refractivity contribution in [2.75, 3.05) is 24.7 Å². The Morgan fingerprint density at radius 1 is 1.29 bits per heavy atom. The highest BCUT2D eigenvalue weighted by Gasteiger charge is 2.40. The Morgan fingerprint density at radius 3 is 3.00 bits per heavy atom. The van der Waals surface area contributed by atoms with Crippen LogP contribution in [0.15, 0.2) is 27.8 Å². The number of thioether (sulfide) groups is 1. The van der Waals surface area contributed by atoms with Gasteiger partial charge in [-0.25, -0.2) is 0 Å². The van der Waals surface area contributed by atoms with Crippen LogP contribution in [0.25, 0.3) is 0 Å². The number of nitrogens with one attached hydrogen (secondary N) is 2. The molecule has 156 valence electrons. The molecule has 0 radical (unpaired) electrons. The minimum Gasteiger partial charge on any atom is -0.469 e. The molecule has 2 saturated heterocycles. The van der Waals surface area contributed by atoms with Crippen molar-refractivity contribution < 1.29 is 9.15 Å². The molecule has 4 atom stereocenters. The molecule has 0 amide bonds. The molecule has 3 fully saturated rings. The minimum atomic E-state index is 0.0952. The first-order valence-electron chi connectivity index (χ1n) is 11.0. The normalized spacial score (nSPS) is 33.9. The van der Waals surface area contributed by atoms with Gasteiger partial charge in [-0.05, 0) is 55.9 Å². The third kappa shape index (κ3) is 5.26. The molecule has 1 spiro atoms. The highest BCUT2D eigenvalue weighted by molar-refractivity contribution is 7.99. The van der Waals surface area contributed by atoms with Crippen molar-refractivity contribution in [3.63, 3.8) is 0 Å². The molecule has 2 aliphatic heterocycles. The second kappa shape index (κ2) is 9.57. The van der Waals surface area contributed by atoms with Gasteiger partial charge in [-0.15, -0.1) is 0 Å². The first-order valence-corrected chi connectivity index (χ1v) is 12.2. The SMILES string of the molecule is CC1CCCCC1NC(=NCCc1ccco1)NC1CCOC2(CCSC2)C1. The maximum absolute atomic E-state index is 6.20. The van der Waals surface area contributed by atoms with Crippen molar-refractivity contribution in [2.45, 2.75) is 76.0 Å². The summed E-state index contributed by atoms with van der Waals surface area (Å²) in [5, 5.41) is 7.55. The fourth-order valence-corrected chi connectivity index (χ4v) is 6.16. The zero-order chi connectivity index (χ0) is 19.2. The Hall–Kier alpha value is -1.14. The molecular formula is C22H35N3O2S. The quantitative estimate of drug-likeness (QED) is 0.573. The van der Waals surface area contributed by atoms with E-state index < -0.39 is 0 Å². The van der Waals surface area contributed by atoms with E-state index in [0.29, 0.717) is 18.0 Å². The van der Waals surface area contributed by atoms with E-state index in [4.69, 9.17) is 14.1 Å². The molecular weight excluding hydrogens is 370 g/mol. The lowest BCUT2D eigenvalue weighted by Gasteiger charge is -2.39. The number of guanidine groups is 1. The van der Waals surface area contributed by atoms with E-state index in [0.717, 1.165) is 49.9 Å². The van der Waals surface area contributed by atoms with E-state index in [-0.39, 0.29) is 5.60 Å². The molecule has 2 N–H and O–H groups in total. The van der Waals surface area contributed by atoms with E-state index in [2.05, 4.69) is 17.6 Å². The van der Waals surface area contributed by atoms with Crippen LogP contribution in [0.4, 0.5) is 0 Å². The number of hydrogen-bond donors (Lipinski definition) is 2. The van der Waals surface area contributed by atoms with Crippen LogP contribution in [0.5, 0.6) is 0 Å². The topological polar surface area (TPSA) is 58.8 Å². The summed E-state index contributed by atoms with van der Waals surface area (Å²) in [7, 11) is 0. The van der Waals surface area contributed by atoms with Crippen LogP contribution in [0, 0.1) is 5.92 Å². The summed E-state index contributed by atoms with van der Waals surface area (Å²) in [5.41, 5.74) is 0.0952. The predicted molar refractivity (Wildman–Crippen MR) is 116 cm³/mol. The average Bonchev–Trinajstić information content (AvgIpc) is 3.36. The zero-order valence-electron chi connectivity index (χ0n) is 17.1. The third-order valence-electron chi connectivity index (χ3n) is 6.54. The summed E-state index contributed by atoms with van der Waals surface area (Å²) in [4.78, 5) is 4.92. The van der Waals surface area contributed by atoms with E-state index in [1.54, 1.807) is 6.26 Å². The summed E-state index contributed by atoms with van der Waals surface area (Å²) in [6.07, 6.45) is 11.2. The molecule has 28 heavy (non-hydrogen) atoms. The Balaban J connectivity index is 1.39. The third-order valence-corrected chi connectivity index (χ3v) is 7.77. The van der Waals surface area contributed by atoms with Crippen molar-refractivity contribution >= 4 is 17.7 Å². The van der Waals surface area contributed by atoms with Crippen LogP contribution in [-0.2, 0) is 11.2 Å². The van der Waals surface area contributed by atoms with Crippen molar-refractivity contribution in [3.05, 3.63) is 24.2 Å². The monoisotopic (exact) mass is 405 g/mol. The Kier molecular flexibility index (Phi) is 6.89. The average molecular weight is 406 g/mol. The molecule has 3 heterocycles. The number of nitrogens with zero attached hydrogens (tertiary/aromatic N) is 1. The smallest absolute Gasteiger partial charge is 0.191 e. The second-order valence-electron chi connectivity index (χ2n) is 8.74. The van der Waals surface area contributed by atoms with Crippen LogP contribution in [0.3, 0.4) is 0 Å². The molecule has 4 rings (SSSR count). The van der Waals surface area contributed by atoms with Gasteiger partial charge in [0.15, 0.2) is 5.96 Å². The largest absolute Gasteiger partial charge is 0.469 e. The van der Waals surface area contributed by atoms with Gasteiger partial charge in [0, 0.05) is 37.4 Å². The van der Waals surface area contributed by atoms with Gasteiger partial charge in [0.2, 0.25) is 0 Å². The van der Waals surface area contributed by atoms with Crippen molar-refractivity contribution in [1.82, 2.24) is 10.6 Å². The molecule has 6 heteroatoms. The summed E-state index contributed by atoms with van der Waals surface area (Å²) < 4.78 is 11.7. The summed E-state index contributed by atoms with van der Waals surface area (Å²) >= 11 is 2.03. The molecule has 1 saturated carbocycles. The van der Waals surface area contributed by atoms with E-state index in [9.17, 15) is 0 Å². The zero-order valence-corrected chi connectivity index (χ0v) is 17.9. The summed E-state index contributed by atoms with van der Waals surface area (Å²) in [6, 6.07) is 4.95. The van der Waals surface area contributed by atoms with E-state index in [1.807, 2.05) is 23.9 Å². The summed E-state index contributed by atoms with van der Waals surface area (Å²) in [5.74, 6) is 5.07. The molecule has 3 aliphatic rings. The summed E-state index contributed by atoms with van der Waals surface area (Å²) in [6.45, 7) is 3.97. The van der Waals surface area contributed by atoms with Crippen LogP contribution in [0.2, 0.25) is 0 Å². The van der Waals surface area contributed by atoms with Gasteiger partial charge < -0.3 is 19.8 Å². The number of furan rings is 1. The molecule has 4 unspecified atom stereocenters. The lowest BCUT2D eigenvalue weighted by Crippen LogP contribution is -2.54. The Morgan fingerprint density at radius 2 is 2.21 bits per heavy atom. The second-order valence-corrected chi connectivity index (χ2v) is 9.85. The minimum absolute atomic E-state index is 0.0952. The van der Waals surface area contributed by atoms with E-state index in [1.165, 1.54) is 37.9 Å². The van der Waals surface area contributed by atoms with Gasteiger partial charge in [-0.2, -0.15) is 11.8 Å². The van der Waals surface area contributed by atoms with Gasteiger partial charge in [0.25, 0.3) is 0 Å². The Labute approximate surface area is 173 Å². The first-order chi connectivity index (χ1) is 13.7. The highest BCUT2D eigenvalue weighted by atomic mass is 32.2.